The van der Waals surface area contributed by atoms with E-state index in [9.17, 15) is 4.79 Å². The van der Waals surface area contributed by atoms with Crippen LogP contribution in [0.3, 0.4) is 0 Å². The van der Waals surface area contributed by atoms with Gasteiger partial charge in [-0.15, -0.1) is 0 Å². The molecule has 0 radical (unpaired) electrons. The summed E-state index contributed by atoms with van der Waals surface area (Å²) in [6.07, 6.45) is 4.38. The van der Waals surface area contributed by atoms with Crippen LogP contribution in [-0.2, 0) is 6.54 Å². The highest BCUT2D eigenvalue weighted by Crippen LogP contribution is 2.15. The van der Waals surface area contributed by atoms with Crippen LogP contribution in [0.4, 0.5) is 0 Å². The van der Waals surface area contributed by atoms with E-state index >= 15 is 0 Å². The van der Waals surface area contributed by atoms with Gasteiger partial charge in [-0.3, -0.25) is 9.69 Å². The molecule has 130 valence electrons. The Labute approximate surface area is 150 Å². The van der Waals surface area contributed by atoms with Crippen molar-refractivity contribution in [1.82, 2.24) is 24.4 Å². The van der Waals surface area contributed by atoms with Crippen LogP contribution in [0.1, 0.15) is 28.0 Å². The van der Waals surface area contributed by atoms with Gasteiger partial charge in [0.1, 0.15) is 0 Å². The first-order valence-electron chi connectivity index (χ1n) is 8.54. The van der Waals surface area contributed by atoms with E-state index < -0.39 is 0 Å². The zero-order valence-electron chi connectivity index (χ0n) is 14.3. The fourth-order valence-electron chi connectivity index (χ4n) is 3.34. The number of amides is 1. The maximum atomic E-state index is 13.0. The second-order valence-corrected chi connectivity index (χ2v) is 7.19. The number of hydrogen-bond acceptors (Lipinski definition) is 5. The lowest BCUT2D eigenvalue weighted by atomic mass is 10.2. The Bertz CT molecular complexity index is 873. The molecule has 0 saturated carbocycles. The first-order chi connectivity index (χ1) is 12.2. The largest absolute Gasteiger partial charge is 0.337 e. The summed E-state index contributed by atoms with van der Waals surface area (Å²) in [6.45, 7) is 6.35. The van der Waals surface area contributed by atoms with Gasteiger partial charge in [0.05, 0.1) is 17.5 Å². The zero-order chi connectivity index (χ0) is 17.2. The number of nitrogens with zero attached hydrogens (tertiary/aromatic N) is 5. The number of fused-ring (bicyclic) bond motifs is 1. The molecule has 0 aliphatic carbocycles. The number of thiophene rings is 1. The van der Waals surface area contributed by atoms with Crippen molar-refractivity contribution in [2.24, 2.45) is 0 Å². The van der Waals surface area contributed by atoms with Gasteiger partial charge in [-0.2, -0.15) is 16.4 Å². The van der Waals surface area contributed by atoms with E-state index in [0.717, 1.165) is 50.5 Å². The maximum Gasteiger partial charge on any atom is 0.257 e. The predicted molar refractivity (Wildman–Crippen MR) is 97.8 cm³/mol. The molecule has 3 aromatic heterocycles. The third-order valence-electron chi connectivity index (χ3n) is 4.75. The van der Waals surface area contributed by atoms with Crippen LogP contribution in [0.15, 0.2) is 35.3 Å². The zero-order valence-corrected chi connectivity index (χ0v) is 15.1. The van der Waals surface area contributed by atoms with Crippen LogP contribution in [0, 0.1) is 6.92 Å². The molecule has 0 N–H and O–H groups in total. The summed E-state index contributed by atoms with van der Waals surface area (Å²) in [5.41, 5.74) is 3.61. The summed E-state index contributed by atoms with van der Waals surface area (Å²) in [5.74, 6) is 0.0554. The molecule has 1 fully saturated rings. The molecule has 4 heterocycles. The number of hydrogen-bond donors (Lipinski definition) is 0. The lowest BCUT2D eigenvalue weighted by Crippen LogP contribution is -2.35. The van der Waals surface area contributed by atoms with Gasteiger partial charge in [-0.05, 0) is 35.7 Å². The summed E-state index contributed by atoms with van der Waals surface area (Å²) >= 11 is 1.73. The van der Waals surface area contributed by atoms with Gasteiger partial charge < -0.3 is 4.90 Å². The SMILES string of the molecule is Cc1c(C(=O)N2CCCN(Cc3ccsc3)CC2)cnc2ccnn12. The molecule has 1 amide bonds. The minimum absolute atomic E-state index is 0.0554. The predicted octanol–water partition coefficient (Wildman–Crippen LogP) is 2.45. The monoisotopic (exact) mass is 355 g/mol. The topological polar surface area (TPSA) is 53.7 Å². The van der Waals surface area contributed by atoms with Crippen molar-refractivity contribution in [3.63, 3.8) is 0 Å². The molecule has 4 rings (SSSR count). The molecule has 0 bridgehead atoms. The second kappa shape index (κ2) is 6.93. The van der Waals surface area contributed by atoms with Gasteiger partial charge >= 0.3 is 0 Å². The van der Waals surface area contributed by atoms with Crippen LogP contribution in [-0.4, -0.2) is 56.5 Å². The van der Waals surface area contributed by atoms with E-state index in [0.29, 0.717) is 5.56 Å². The van der Waals surface area contributed by atoms with Crippen molar-refractivity contribution in [2.75, 3.05) is 26.2 Å². The Morgan fingerprint density at radius 3 is 3.00 bits per heavy atom. The minimum Gasteiger partial charge on any atom is -0.337 e. The molecule has 1 saturated heterocycles. The molecule has 0 atom stereocenters. The number of carbonyl (C=O) groups excluding carboxylic acids is 1. The van der Waals surface area contributed by atoms with Crippen molar-refractivity contribution in [3.8, 4) is 0 Å². The van der Waals surface area contributed by atoms with Crippen LogP contribution in [0.5, 0.6) is 0 Å². The summed E-state index contributed by atoms with van der Waals surface area (Å²) in [4.78, 5) is 21.7. The molecule has 1 aliphatic rings. The van der Waals surface area contributed by atoms with Crippen LogP contribution in [0.25, 0.3) is 5.65 Å². The first-order valence-corrected chi connectivity index (χ1v) is 9.49. The molecule has 0 spiro atoms. The van der Waals surface area contributed by atoms with E-state index in [2.05, 4.69) is 31.8 Å². The highest BCUT2D eigenvalue weighted by molar-refractivity contribution is 7.07. The molecule has 0 unspecified atom stereocenters. The Morgan fingerprint density at radius 2 is 2.16 bits per heavy atom. The molecule has 0 aromatic carbocycles. The average molecular weight is 355 g/mol. The Hall–Kier alpha value is -2.25. The normalized spacial score (nSPS) is 16.3. The van der Waals surface area contributed by atoms with Crippen LogP contribution < -0.4 is 0 Å². The van der Waals surface area contributed by atoms with Gasteiger partial charge in [0.2, 0.25) is 0 Å². The molecule has 7 heteroatoms. The summed E-state index contributed by atoms with van der Waals surface area (Å²) in [5, 5.41) is 8.57. The first kappa shape index (κ1) is 16.2. The Kier molecular flexibility index (Phi) is 4.50. The van der Waals surface area contributed by atoms with Gasteiger partial charge in [-0.25, -0.2) is 9.50 Å². The quantitative estimate of drug-likeness (QED) is 0.724. The Balaban J connectivity index is 1.47. The maximum absolute atomic E-state index is 13.0. The summed E-state index contributed by atoms with van der Waals surface area (Å²) < 4.78 is 1.73. The molecule has 6 nitrogen and oxygen atoms in total. The number of rotatable bonds is 3. The van der Waals surface area contributed by atoms with Crippen LogP contribution >= 0.6 is 11.3 Å². The summed E-state index contributed by atoms with van der Waals surface area (Å²) in [7, 11) is 0. The number of carbonyl (C=O) groups is 1. The molecule has 25 heavy (non-hydrogen) atoms. The molecular formula is C18H21N5OS. The molecular weight excluding hydrogens is 334 g/mol. The van der Waals surface area contributed by atoms with Crippen molar-refractivity contribution in [2.45, 2.75) is 19.9 Å². The fourth-order valence-corrected chi connectivity index (χ4v) is 4.00. The highest BCUT2D eigenvalue weighted by atomic mass is 32.1. The van der Waals surface area contributed by atoms with Crippen molar-refractivity contribution in [3.05, 3.63) is 52.1 Å². The lowest BCUT2D eigenvalue weighted by Gasteiger charge is -2.22. The van der Waals surface area contributed by atoms with E-state index in [1.54, 1.807) is 28.2 Å². The van der Waals surface area contributed by atoms with Crippen molar-refractivity contribution in [1.29, 1.82) is 0 Å². The van der Waals surface area contributed by atoms with Gasteiger partial charge in [0, 0.05) is 45.0 Å². The van der Waals surface area contributed by atoms with Gasteiger partial charge in [-0.1, -0.05) is 0 Å². The van der Waals surface area contributed by atoms with E-state index in [4.69, 9.17) is 0 Å². The van der Waals surface area contributed by atoms with Crippen molar-refractivity contribution < 1.29 is 4.79 Å². The smallest absolute Gasteiger partial charge is 0.257 e. The van der Waals surface area contributed by atoms with Gasteiger partial charge in [0.25, 0.3) is 5.91 Å². The summed E-state index contributed by atoms with van der Waals surface area (Å²) in [6, 6.07) is 4.02. The Morgan fingerprint density at radius 1 is 1.24 bits per heavy atom. The average Bonchev–Trinajstić information content (AvgIpc) is 3.24. The number of aromatic nitrogens is 3. The van der Waals surface area contributed by atoms with Crippen molar-refractivity contribution >= 4 is 22.9 Å². The minimum atomic E-state index is 0.0554. The van der Waals surface area contributed by atoms with E-state index in [1.807, 2.05) is 17.9 Å². The fraction of sp³-hybridized carbons (Fsp3) is 0.389. The van der Waals surface area contributed by atoms with E-state index in [1.165, 1.54) is 5.56 Å². The molecule has 3 aromatic rings. The third-order valence-corrected chi connectivity index (χ3v) is 5.48. The third kappa shape index (κ3) is 3.29. The second-order valence-electron chi connectivity index (χ2n) is 6.41. The standard InChI is InChI=1S/C18H21N5OS/c1-14-16(11-19-17-3-5-20-23(14)17)18(24)22-7-2-6-21(8-9-22)12-15-4-10-25-13-15/h3-5,10-11,13H,2,6-9,12H2,1H3. The lowest BCUT2D eigenvalue weighted by molar-refractivity contribution is 0.0759. The molecule has 1 aliphatic heterocycles. The van der Waals surface area contributed by atoms with Gasteiger partial charge in [0.15, 0.2) is 5.65 Å². The van der Waals surface area contributed by atoms with E-state index in [-0.39, 0.29) is 5.91 Å². The van der Waals surface area contributed by atoms with Crippen LogP contribution in [0.2, 0.25) is 0 Å². The number of aryl methyl sites for hydroxylation is 1. The highest BCUT2D eigenvalue weighted by Gasteiger charge is 2.23.